The van der Waals surface area contributed by atoms with Crippen LogP contribution in [0.2, 0.25) is 0 Å². The number of benzene rings is 1. The first-order chi connectivity index (χ1) is 13.3. The molecule has 0 atom stereocenters. The molecule has 0 unspecified atom stereocenters. The summed E-state index contributed by atoms with van der Waals surface area (Å²) in [4.78, 5) is 17.2. The molecule has 0 spiro atoms. The number of anilines is 3. The minimum atomic E-state index is 0.513. The van der Waals surface area contributed by atoms with Gasteiger partial charge in [-0.05, 0) is 31.2 Å². The predicted molar refractivity (Wildman–Crippen MR) is 104 cm³/mol. The van der Waals surface area contributed by atoms with Gasteiger partial charge in [-0.2, -0.15) is 4.98 Å². The van der Waals surface area contributed by atoms with E-state index < -0.39 is 0 Å². The van der Waals surface area contributed by atoms with Crippen LogP contribution in [0.15, 0.2) is 71.9 Å². The molecule has 4 rings (SSSR count). The lowest BCUT2D eigenvalue weighted by atomic mass is 10.1. The van der Waals surface area contributed by atoms with Crippen LogP contribution in [0.3, 0.4) is 0 Å². The maximum absolute atomic E-state index is 5.35. The van der Waals surface area contributed by atoms with Crippen LogP contribution in [0, 0.1) is 6.92 Å². The van der Waals surface area contributed by atoms with E-state index in [-0.39, 0.29) is 0 Å². The number of pyridine rings is 1. The summed E-state index contributed by atoms with van der Waals surface area (Å²) in [5.41, 5.74) is 3.71. The molecule has 3 aromatic heterocycles. The SMILES string of the molecule is Cc1cnc(Nc2cccc(-c3cnco3)c2)nc1NCc1ccccn1. The van der Waals surface area contributed by atoms with Gasteiger partial charge in [0, 0.05) is 29.2 Å². The quantitative estimate of drug-likeness (QED) is 0.534. The van der Waals surface area contributed by atoms with Crippen molar-refractivity contribution >= 4 is 17.5 Å². The zero-order valence-electron chi connectivity index (χ0n) is 14.8. The van der Waals surface area contributed by atoms with Crippen LogP contribution in [-0.4, -0.2) is 19.9 Å². The molecule has 1 aromatic carbocycles. The molecule has 0 radical (unpaired) electrons. The number of nitrogens with zero attached hydrogens (tertiary/aromatic N) is 4. The second kappa shape index (κ2) is 7.65. The largest absolute Gasteiger partial charge is 0.444 e. The van der Waals surface area contributed by atoms with Crippen molar-refractivity contribution in [2.45, 2.75) is 13.5 Å². The molecule has 0 aliphatic heterocycles. The summed E-state index contributed by atoms with van der Waals surface area (Å²) >= 11 is 0. The molecule has 4 aromatic rings. The third-order valence-corrected chi connectivity index (χ3v) is 3.97. The smallest absolute Gasteiger partial charge is 0.229 e. The Balaban J connectivity index is 1.50. The molecule has 134 valence electrons. The number of oxazole rings is 1. The first-order valence-electron chi connectivity index (χ1n) is 8.51. The van der Waals surface area contributed by atoms with Gasteiger partial charge in [0.1, 0.15) is 5.82 Å². The Labute approximate surface area is 156 Å². The van der Waals surface area contributed by atoms with Crippen molar-refractivity contribution < 1.29 is 4.42 Å². The number of hydrogen-bond donors (Lipinski definition) is 2. The summed E-state index contributed by atoms with van der Waals surface area (Å²) in [5.74, 6) is 1.99. The first-order valence-corrected chi connectivity index (χ1v) is 8.51. The summed E-state index contributed by atoms with van der Waals surface area (Å²) in [6, 6.07) is 13.6. The lowest BCUT2D eigenvalue weighted by Gasteiger charge is -2.11. The van der Waals surface area contributed by atoms with Gasteiger partial charge in [0.2, 0.25) is 5.95 Å². The number of aryl methyl sites for hydroxylation is 1. The van der Waals surface area contributed by atoms with Gasteiger partial charge in [0.05, 0.1) is 18.4 Å². The fraction of sp³-hybridized carbons (Fsp3) is 0.100. The minimum absolute atomic E-state index is 0.513. The van der Waals surface area contributed by atoms with Crippen LogP contribution in [0.4, 0.5) is 17.5 Å². The number of nitrogens with one attached hydrogen (secondary N) is 2. The topological polar surface area (TPSA) is 88.8 Å². The van der Waals surface area contributed by atoms with Gasteiger partial charge < -0.3 is 15.1 Å². The van der Waals surface area contributed by atoms with Crippen LogP contribution in [0.1, 0.15) is 11.3 Å². The lowest BCUT2D eigenvalue weighted by Crippen LogP contribution is -2.07. The van der Waals surface area contributed by atoms with Gasteiger partial charge in [-0.3, -0.25) is 4.98 Å². The fourth-order valence-corrected chi connectivity index (χ4v) is 2.60. The molecule has 0 bridgehead atoms. The van der Waals surface area contributed by atoms with E-state index in [1.807, 2.05) is 49.4 Å². The van der Waals surface area contributed by atoms with E-state index >= 15 is 0 Å². The summed E-state index contributed by atoms with van der Waals surface area (Å²) < 4.78 is 5.35. The summed E-state index contributed by atoms with van der Waals surface area (Å²) in [6.07, 6.45) is 6.66. The number of aromatic nitrogens is 4. The van der Waals surface area contributed by atoms with Crippen molar-refractivity contribution in [2.24, 2.45) is 0 Å². The second-order valence-corrected chi connectivity index (χ2v) is 5.97. The van der Waals surface area contributed by atoms with Gasteiger partial charge in [-0.1, -0.05) is 18.2 Å². The molecular formula is C20H18N6O. The maximum Gasteiger partial charge on any atom is 0.229 e. The summed E-state index contributed by atoms with van der Waals surface area (Å²) in [5, 5.41) is 6.54. The summed E-state index contributed by atoms with van der Waals surface area (Å²) in [6.45, 7) is 2.56. The third kappa shape index (κ3) is 4.09. The van der Waals surface area contributed by atoms with Crippen LogP contribution < -0.4 is 10.6 Å². The Morgan fingerprint density at radius 1 is 1.04 bits per heavy atom. The van der Waals surface area contributed by atoms with E-state index in [1.165, 1.54) is 6.39 Å². The molecule has 7 heteroatoms. The number of hydrogen-bond acceptors (Lipinski definition) is 7. The Morgan fingerprint density at radius 2 is 2.00 bits per heavy atom. The molecule has 7 nitrogen and oxygen atoms in total. The third-order valence-electron chi connectivity index (χ3n) is 3.97. The van der Waals surface area contributed by atoms with Gasteiger partial charge >= 0.3 is 0 Å². The standard InChI is InChI=1S/C20H18N6O/c1-14-10-24-20(26-19(14)23-11-17-6-2-3-8-22-17)25-16-7-4-5-15(9-16)18-12-21-13-27-18/h2-10,12-13H,11H2,1H3,(H2,23,24,25,26). The van der Waals surface area contributed by atoms with Crippen LogP contribution in [0.5, 0.6) is 0 Å². The molecule has 0 saturated heterocycles. The van der Waals surface area contributed by atoms with Crippen molar-refractivity contribution in [1.82, 2.24) is 19.9 Å². The minimum Gasteiger partial charge on any atom is -0.444 e. The highest BCUT2D eigenvalue weighted by atomic mass is 16.3. The van der Waals surface area contributed by atoms with Crippen molar-refractivity contribution in [2.75, 3.05) is 10.6 Å². The van der Waals surface area contributed by atoms with Gasteiger partial charge in [-0.25, -0.2) is 9.97 Å². The van der Waals surface area contributed by atoms with Crippen LogP contribution in [0.25, 0.3) is 11.3 Å². The van der Waals surface area contributed by atoms with E-state index in [4.69, 9.17) is 4.42 Å². The molecule has 0 saturated carbocycles. The van der Waals surface area contributed by atoms with Gasteiger partial charge in [0.25, 0.3) is 0 Å². The molecule has 0 amide bonds. The molecule has 27 heavy (non-hydrogen) atoms. The normalized spacial score (nSPS) is 10.6. The Bertz CT molecular complexity index is 1020. The first kappa shape index (κ1) is 16.7. The Hall–Kier alpha value is -3.74. The highest BCUT2D eigenvalue weighted by Gasteiger charge is 2.07. The Kier molecular flexibility index (Phi) is 4.74. The highest BCUT2D eigenvalue weighted by molar-refractivity contribution is 5.66. The van der Waals surface area contributed by atoms with E-state index in [2.05, 4.69) is 30.6 Å². The van der Waals surface area contributed by atoms with Crippen molar-refractivity contribution in [3.8, 4) is 11.3 Å². The molecule has 0 aliphatic carbocycles. The summed E-state index contributed by atoms with van der Waals surface area (Å²) in [7, 11) is 0. The van der Waals surface area contributed by atoms with Crippen molar-refractivity contribution in [3.05, 3.63) is 78.7 Å². The molecule has 2 N–H and O–H groups in total. The highest BCUT2D eigenvalue weighted by Crippen LogP contribution is 2.24. The molecule has 0 fully saturated rings. The van der Waals surface area contributed by atoms with E-state index in [0.29, 0.717) is 18.3 Å². The predicted octanol–water partition coefficient (Wildman–Crippen LogP) is 4.19. The molecular weight excluding hydrogens is 340 g/mol. The Morgan fingerprint density at radius 3 is 2.81 bits per heavy atom. The number of rotatable bonds is 6. The second-order valence-electron chi connectivity index (χ2n) is 5.97. The van der Waals surface area contributed by atoms with E-state index in [1.54, 1.807) is 18.6 Å². The monoisotopic (exact) mass is 358 g/mol. The van der Waals surface area contributed by atoms with E-state index in [0.717, 1.165) is 28.3 Å². The maximum atomic E-state index is 5.35. The molecule has 3 heterocycles. The van der Waals surface area contributed by atoms with Crippen LogP contribution >= 0.6 is 0 Å². The van der Waals surface area contributed by atoms with Crippen molar-refractivity contribution in [3.63, 3.8) is 0 Å². The fourth-order valence-electron chi connectivity index (χ4n) is 2.60. The van der Waals surface area contributed by atoms with Crippen LogP contribution in [-0.2, 0) is 6.54 Å². The average molecular weight is 358 g/mol. The van der Waals surface area contributed by atoms with Gasteiger partial charge in [-0.15, -0.1) is 0 Å². The van der Waals surface area contributed by atoms with E-state index in [9.17, 15) is 0 Å². The van der Waals surface area contributed by atoms with Gasteiger partial charge in [0.15, 0.2) is 12.2 Å². The zero-order valence-corrected chi connectivity index (χ0v) is 14.8. The zero-order chi connectivity index (χ0) is 18.5. The van der Waals surface area contributed by atoms with Crippen molar-refractivity contribution in [1.29, 1.82) is 0 Å². The average Bonchev–Trinajstić information content (AvgIpc) is 3.24. The molecule has 0 aliphatic rings. The lowest BCUT2D eigenvalue weighted by molar-refractivity contribution is 0.572.